The molecule has 1 atom stereocenters. The molecule has 0 aliphatic carbocycles. The molecular formula is C15H23NO3S. The number of phenols is 1. The van der Waals surface area contributed by atoms with E-state index in [2.05, 4.69) is 6.92 Å². The highest BCUT2D eigenvalue weighted by atomic mass is 32.2. The minimum absolute atomic E-state index is 0.0860. The highest BCUT2D eigenvalue weighted by Crippen LogP contribution is 2.26. The van der Waals surface area contributed by atoms with Gasteiger partial charge in [-0.2, -0.15) is 4.31 Å². The molecule has 0 spiro atoms. The third-order valence-electron chi connectivity index (χ3n) is 3.98. The van der Waals surface area contributed by atoms with Gasteiger partial charge in [0, 0.05) is 13.1 Å². The highest BCUT2D eigenvalue weighted by Gasteiger charge is 2.27. The lowest BCUT2D eigenvalue weighted by molar-refractivity contribution is 0.400. The summed E-state index contributed by atoms with van der Waals surface area (Å²) in [7, 11) is -3.42. The molecule has 0 radical (unpaired) electrons. The number of nitrogens with zero attached hydrogens (tertiary/aromatic N) is 1. The van der Waals surface area contributed by atoms with Crippen molar-refractivity contribution >= 4 is 10.0 Å². The number of benzene rings is 1. The van der Waals surface area contributed by atoms with Gasteiger partial charge in [0.2, 0.25) is 10.0 Å². The van der Waals surface area contributed by atoms with Crippen molar-refractivity contribution < 1.29 is 13.5 Å². The molecule has 1 aromatic rings. The Hall–Kier alpha value is -1.07. The first-order chi connectivity index (χ1) is 9.54. The Kier molecular flexibility index (Phi) is 5.05. The van der Waals surface area contributed by atoms with Crippen LogP contribution in [0.15, 0.2) is 29.2 Å². The van der Waals surface area contributed by atoms with Gasteiger partial charge in [0.1, 0.15) is 5.75 Å². The molecule has 0 saturated carbocycles. The molecule has 1 N–H and O–H groups in total. The van der Waals surface area contributed by atoms with Crippen molar-refractivity contribution in [3.8, 4) is 5.75 Å². The molecule has 1 fully saturated rings. The van der Waals surface area contributed by atoms with Gasteiger partial charge in [-0.1, -0.05) is 19.8 Å². The van der Waals surface area contributed by atoms with Gasteiger partial charge < -0.3 is 5.11 Å². The summed E-state index contributed by atoms with van der Waals surface area (Å²) in [6.07, 6.45) is 5.35. The predicted octanol–water partition coefficient (Wildman–Crippen LogP) is 2.98. The number of aromatic hydroxyl groups is 1. The lowest BCUT2D eigenvalue weighted by Crippen LogP contribution is -2.32. The second kappa shape index (κ2) is 6.59. The van der Waals surface area contributed by atoms with Crippen LogP contribution < -0.4 is 0 Å². The monoisotopic (exact) mass is 297 g/mol. The second-order valence-corrected chi connectivity index (χ2v) is 7.42. The number of sulfonamides is 1. The van der Waals surface area contributed by atoms with Crippen LogP contribution in [0.2, 0.25) is 0 Å². The van der Waals surface area contributed by atoms with Crippen LogP contribution in [-0.4, -0.2) is 30.9 Å². The van der Waals surface area contributed by atoms with Crippen molar-refractivity contribution in [2.45, 2.75) is 43.9 Å². The maximum Gasteiger partial charge on any atom is 0.243 e. The van der Waals surface area contributed by atoms with Crippen molar-refractivity contribution in [3.63, 3.8) is 0 Å². The molecule has 1 aliphatic rings. The Labute approximate surface area is 121 Å². The third-order valence-corrected chi connectivity index (χ3v) is 5.89. The Morgan fingerprint density at radius 1 is 1.20 bits per heavy atom. The topological polar surface area (TPSA) is 57.6 Å². The molecule has 5 heteroatoms. The maximum absolute atomic E-state index is 12.6. The van der Waals surface area contributed by atoms with Gasteiger partial charge in [-0.05, 0) is 49.4 Å². The molecule has 1 saturated heterocycles. The summed E-state index contributed by atoms with van der Waals surface area (Å²) >= 11 is 0. The Morgan fingerprint density at radius 2 is 1.90 bits per heavy atom. The Morgan fingerprint density at radius 3 is 2.55 bits per heavy atom. The van der Waals surface area contributed by atoms with Crippen molar-refractivity contribution in [3.05, 3.63) is 24.3 Å². The summed E-state index contributed by atoms with van der Waals surface area (Å²) in [5, 5.41) is 9.26. The minimum Gasteiger partial charge on any atom is -0.508 e. The molecule has 20 heavy (non-hydrogen) atoms. The number of rotatable bonds is 4. The zero-order valence-corrected chi connectivity index (χ0v) is 12.8. The van der Waals surface area contributed by atoms with E-state index in [1.807, 2.05) is 0 Å². The standard InChI is InChI=1S/C15H23NO3S/c1-2-4-13-5-3-11-16(12-10-13)20(18,19)15-8-6-14(17)7-9-15/h6-9,13,17H,2-5,10-12H2,1H3. The molecular weight excluding hydrogens is 274 g/mol. The zero-order chi connectivity index (χ0) is 14.6. The zero-order valence-electron chi connectivity index (χ0n) is 12.0. The molecule has 1 aliphatic heterocycles. The van der Waals surface area contributed by atoms with E-state index < -0.39 is 10.0 Å². The van der Waals surface area contributed by atoms with Gasteiger partial charge >= 0.3 is 0 Å². The molecule has 0 bridgehead atoms. The van der Waals surface area contributed by atoms with E-state index in [0.29, 0.717) is 19.0 Å². The van der Waals surface area contributed by atoms with Crippen LogP contribution in [0.1, 0.15) is 39.0 Å². The van der Waals surface area contributed by atoms with E-state index in [-0.39, 0.29) is 10.6 Å². The molecule has 1 aromatic carbocycles. The summed E-state index contributed by atoms with van der Waals surface area (Å²) < 4.78 is 26.7. The van der Waals surface area contributed by atoms with Crippen LogP contribution in [0, 0.1) is 5.92 Å². The molecule has 1 heterocycles. The maximum atomic E-state index is 12.6. The fraction of sp³-hybridized carbons (Fsp3) is 0.600. The van der Waals surface area contributed by atoms with Crippen molar-refractivity contribution in [2.75, 3.05) is 13.1 Å². The van der Waals surface area contributed by atoms with Crippen molar-refractivity contribution in [1.29, 1.82) is 0 Å². The summed E-state index contributed by atoms with van der Waals surface area (Å²) in [6.45, 7) is 3.38. The fourth-order valence-corrected chi connectivity index (χ4v) is 4.34. The van der Waals surface area contributed by atoms with Crippen molar-refractivity contribution in [2.24, 2.45) is 5.92 Å². The van der Waals surface area contributed by atoms with Gasteiger partial charge in [-0.25, -0.2) is 8.42 Å². The van der Waals surface area contributed by atoms with Crippen LogP contribution in [0.4, 0.5) is 0 Å². The molecule has 112 valence electrons. The van der Waals surface area contributed by atoms with Crippen LogP contribution in [0.25, 0.3) is 0 Å². The van der Waals surface area contributed by atoms with Gasteiger partial charge in [0.25, 0.3) is 0 Å². The van der Waals surface area contributed by atoms with Gasteiger partial charge in [0.15, 0.2) is 0 Å². The van der Waals surface area contributed by atoms with E-state index in [0.717, 1.165) is 25.7 Å². The summed E-state index contributed by atoms with van der Waals surface area (Å²) in [4.78, 5) is 0.268. The summed E-state index contributed by atoms with van der Waals surface area (Å²) in [5.74, 6) is 0.739. The average molecular weight is 297 g/mol. The molecule has 2 rings (SSSR count). The number of hydrogen-bond donors (Lipinski definition) is 1. The molecule has 0 amide bonds. The van der Waals surface area contributed by atoms with E-state index in [4.69, 9.17) is 0 Å². The highest BCUT2D eigenvalue weighted by molar-refractivity contribution is 7.89. The summed E-state index contributed by atoms with van der Waals surface area (Å²) in [6, 6.07) is 5.79. The third kappa shape index (κ3) is 3.52. The van der Waals surface area contributed by atoms with Crippen molar-refractivity contribution in [1.82, 2.24) is 4.31 Å². The van der Waals surface area contributed by atoms with E-state index >= 15 is 0 Å². The van der Waals surface area contributed by atoms with Crippen LogP contribution >= 0.6 is 0 Å². The van der Waals surface area contributed by atoms with E-state index in [1.54, 1.807) is 4.31 Å². The molecule has 4 nitrogen and oxygen atoms in total. The first kappa shape index (κ1) is 15.3. The predicted molar refractivity (Wildman–Crippen MR) is 79.1 cm³/mol. The normalized spacial score (nSPS) is 21.6. The van der Waals surface area contributed by atoms with E-state index in [9.17, 15) is 13.5 Å². The van der Waals surface area contributed by atoms with Gasteiger partial charge in [-0.3, -0.25) is 0 Å². The van der Waals surface area contributed by atoms with Crippen LogP contribution in [0.3, 0.4) is 0 Å². The first-order valence-electron chi connectivity index (χ1n) is 7.33. The first-order valence-corrected chi connectivity index (χ1v) is 8.77. The Balaban J connectivity index is 2.11. The minimum atomic E-state index is -3.42. The largest absolute Gasteiger partial charge is 0.508 e. The summed E-state index contributed by atoms with van der Waals surface area (Å²) in [5.41, 5.74) is 0. The number of hydrogen-bond acceptors (Lipinski definition) is 3. The van der Waals surface area contributed by atoms with Crippen LogP contribution in [-0.2, 0) is 10.0 Å². The SMILES string of the molecule is CCCC1CCCN(S(=O)(=O)c2ccc(O)cc2)CC1. The quantitative estimate of drug-likeness (QED) is 0.929. The van der Waals surface area contributed by atoms with Gasteiger partial charge in [-0.15, -0.1) is 0 Å². The van der Waals surface area contributed by atoms with E-state index in [1.165, 1.54) is 30.7 Å². The van der Waals surface area contributed by atoms with Gasteiger partial charge in [0.05, 0.1) is 4.90 Å². The second-order valence-electron chi connectivity index (χ2n) is 5.48. The lowest BCUT2D eigenvalue weighted by Gasteiger charge is -2.20. The molecule has 1 unspecified atom stereocenters. The van der Waals surface area contributed by atoms with Crippen LogP contribution in [0.5, 0.6) is 5.75 Å². The fourth-order valence-electron chi connectivity index (χ4n) is 2.84. The molecule has 0 aromatic heterocycles. The number of phenolic OH excluding ortho intramolecular Hbond substituents is 1. The average Bonchev–Trinajstić information content (AvgIpc) is 2.66. The smallest absolute Gasteiger partial charge is 0.243 e. The Bertz CT molecular complexity index is 525. The lowest BCUT2D eigenvalue weighted by atomic mass is 9.96.